The van der Waals surface area contributed by atoms with Gasteiger partial charge in [-0.25, -0.2) is 4.98 Å². The van der Waals surface area contributed by atoms with Crippen molar-refractivity contribution in [3.05, 3.63) is 42.0 Å². The Bertz CT molecular complexity index is 696. The highest BCUT2D eigenvalue weighted by Crippen LogP contribution is 2.27. The van der Waals surface area contributed by atoms with E-state index >= 15 is 0 Å². The zero-order valence-corrected chi connectivity index (χ0v) is 13.7. The average Bonchev–Trinajstić information content (AvgIpc) is 3.16. The van der Waals surface area contributed by atoms with Crippen molar-refractivity contribution in [3.63, 3.8) is 0 Å². The maximum absolute atomic E-state index is 12.5. The van der Waals surface area contributed by atoms with Gasteiger partial charge < -0.3 is 19.0 Å². The van der Waals surface area contributed by atoms with Gasteiger partial charge in [-0.05, 0) is 25.1 Å². The smallest absolute Gasteiger partial charge is 0.257 e. The predicted octanol–water partition coefficient (Wildman–Crippen LogP) is 2.34. The van der Waals surface area contributed by atoms with Gasteiger partial charge in [0.15, 0.2) is 11.6 Å². The van der Waals surface area contributed by atoms with Gasteiger partial charge in [0, 0.05) is 33.3 Å². The molecule has 0 aliphatic carbocycles. The number of ether oxygens (including phenoxy) is 1. The Kier molecular flexibility index (Phi) is 4.23. The molecule has 3 rings (SSSR count). The first-order valence-electron chi connectivity index (χ1n) is 7.68. The molecule has 0 spiro atoms. The van der Waals surface area contributed by atoms with Crippen molar-refractivity contribution >= 4 is 11.7 Å². The molecular formula is C17H21N3O3. The summed E-state index contributed by atoms with van der Waals surface area (Å²) in [5.74, 6) is 2.20. The second-order valence-corrected chi connectivity index (χ2v) is 5.89. The Hall–Kier alpha value is -2.50. The molecule has 1 aliphatic heterocycles. The van der Waals surface area contributed by atoms with Gasteiger partial charge in [-0.2, -0.15) is 0 Å². The summed E-state index contributed by atoms with van der Waals surface area (Å²) in [4.78, 5) is 20.6. The minimum atomic E-state index is -0.0194. The fourth-order valence-corrected chi connectivity index (χ4v) is 2.78. The molecular weight excluding hydrogens is 294 g/mol. The molecule has 3 heterocycles. The molecule has 1 amide bonds. The van der Waals surface area contributed by atoms with Gasteiger partial charge in [0.05, 0.1) is 18.4 Å². The van der Waals surface area contributed by atoms with E-state index < -0.39 is 0 Å². The number of amides is 1. The van der Waals surface area contributed by atoms with Gasteiger partial charge >= 0.3 is 0 Å². The topological polar surface area (TPSA) is 58.8 Å². The van der Waals surface area contributed by atoms with Crippen LogP contribution in [0.15, 0.2) is 35.1 Å². The fourth-order valence-electron chi connectivity index (χ4n) is 2.78. The normalized spacial score (nSPS) is 17.3. The van der Waals surface area contributed by atoms with E-state index in [1.165, 1.54) is 0 Å². The Morgan fingerprint density at radius 3 is 2.96 bits per heavy atom. The van der Waals surface area contributed by atoms with Gasteiger partial charge in [-0.1, -0.05) is 0 Å². The Balaban J connectivity index is 1.67. The number of carbonyl (C=O) groups excluding carboxylic acids is 1. The van der Waals surface area contributed by atoms with Crippen LogP contribution in [-0.2, 0) is 0 Å². The van der Waals surface area contributed by atoms with Crippen LogP contribution in [0.25, 0.3) is 0 Å². The molecule has 0 bridgehead atoms. The summed E-state index contributed by atoms with van der Waals surface area (Å²) >= 11 is 0. The summed E-state index contributed by atoms with van der Waals surface area (Å²) in [7, 11) is 3.86. The predicted molar refractivity (Wildman–Crippen MR) is 86.9 cm³/mol. The lowest BCUT2D eigenvalue weighted by atomic mass is 10.2. The molecule has 6 nitrogen and oxygen atoms in total. The van der Waals surface area contributed by atoms with Crippen LogP contribution in [0.3, 0.4) is 0 Å². The summed E-state index contributed by atoms with van der Waals surface area (Å²) in [6.45, 7) is 3.06. The number of carbonyl (C=O) groups is 1. The van der Waals surface area contributed by atoms with Crippen molar-refractivity contribution in [1.82, 2.24) is 9.88 Å². The molecule has 1 aliphatic rings. The lowest BCUT2D eigenvalue weighted by Gasteiger charge is -2.20. The van der Waals surface area contributed by atoms with E-state index in [9.17, 15) is 4.79 Å². The summed E-state index contributed by atoms with van der Waals surface area (Å²) in [6.07, 6.45) is 4.08. The van der Waals surface area contributed by atoms with E-state index in [2.05, 4.69) is 4.98 Å². The molecule has 6 heteroatoms. The largest absolute Gasteiger partial charge is 0.485 e. The molecule has 1 saturated heterocycles. The molecule has 0 unspecified atom stereocenters. The molecule has 0 aromatic carbocycles. The van der Waals surface area contributed by atoms with Crippen LogP contribution in [0.2, 0.25) is 0 Å². The molecule has 1 atom stereocenters. The zero-order chi connectivity index (χ0) is 16.4. The third kappa shape index (κ3) is 3.16. The fraction of sp³-hybridized carbons (Fsp3) is 0.412. The lowest BCUT2D eigenvalue weighted by Crippen LogP contribution is -2.31. The highest BCUT2D eigenvalue weighted by Gasteiger charge is 2.30. The number of aromatic nitrogens is 1. The minimum Gasteiger partial charge on any atom is -0.485 e. The number of anilines is 1. The van der Waals surface area contributed by atoms with Crippen molar-refractivity contribution in [1.29, 1.82) is 0 Å². The quantitative estimate of drug-likeness (QED) is 0.867. The Morgan fingerprint density at radius 2 is 2.26 bits per heavy atom. The van der Waals surface area contributed by atoms with E-state index in [1.54, 1.807) is 25.5 Å². The van der Waals surface area contributed by atoms with Crippen molar-refractivity contribution in [3.8, 4) is 5.75 Å². The number of rotatable bonds is 4. The van der Waals surface area contributed by atoms with Crippen molar-refractivity contribution < 1.29 is 13.9 Å². The molecule has 23 heavy (non-hydrogen) atoms. The molecule has 2 aromatic rings. The van der Waals surface area contributed by atoms with Gasteiger partial charge in [-0.3, -0.25) is 4.79 Å². The van der Waals surface area contributed by atoms with E-state index in [0.29, 0.717) is 24.4 Å². The third-order valence-electron chi connectivity index (χ3n) is 3.99. The Morgan fingerprint density at radius 1 is 1.43 bits per heavy atom. The minimum absolute atomic E-state index is 0.00127. The summed E-state index contributed by atoms with van der Waals surface area (Å²) < 4.78 is 11.3. The third-order valence-corrected chi connectivity index (χ3v) is 3.99. The standard InChI is InChI=1S/C17H21N3O3/c1-12-14(7-10-22-12)17(21)20-9-6-13(11-20)23-15-5-4-8-18-16(15)19(2)3/h4-5,7-8,10,13H,6,9,11H2,1-3H3/t13-/m1/s1. The first-order chi connectivity index (χ1) is 11.1. The van der Waals surface area contributed by atoms with E-state index in [1.807, 2.05) is 36.0 Å². The number of hydrogen-bond donors (Lipinski definition) is 0. The molecule has 0 radical (unpaired) electrons. The van der Waals surface area contributed by atoms with E-state index in [0.717, 1.165) is 18.0 Å². The number of pyridine rings is 1. The summed E-state index contributed by atoms with van der Waals surface area (Å²) in [6, 6.07) is 5.49. The van der Waals surface area contributed by atoms with Gasteiger partial charge in [0.25, 0.3) is 5.91 Å². The van der Waals surface area contributed by atoms with Crippen LogP contribution >= 0.6 is 0 Å². The number of furan rings is 1. The molecule has 0 N–H and O–H groups in total. The van der Waals surface area contributed by atoms with E-state index in [-0.39, 0.29) is 12.0 Å². The SMILES string of the molecule is Cc1occc1C(=O)N1CC[C@@H](Oc2cccnc2N(C)C)C1. The molecule has 122 valence electrons. The van der Waals surface area contributed by atoms with Crippen molar-refractivity contribution in [2.24, 2.45) is 0 Å². The first-order valence-corrected chi connectivity index (χ1v) is 7.68. The molecule has 0 saturated carbocycles. The molecule has 1 fully saturated rings. The average molecular weight is 315 g/mol. The van der Waals surface area contributed by atoms with E-state index in [4.69, 9.17) is 9.15 Å². The summed E-state index contributed by atoms with van der Waals surface area (Å²) in [5, 5.41) is 0. The number of aryl methyl sites for hydroxylation is 1. The van der Waals surface area contributed by atoms with Crippen LogP contribution < -0.4 is 9.64 Å². The lowest BCUT2D eigenvalue weighted by molar-refractivity contribution is 0.0770. The van der Waals surface area contributed by atoms with Gasteiger partial charge in [0.2, 0.25) is 0 Å². The van der Waals surface area contributed by atoms with Gasteiger partial charge in [0.1, 0.15) is 11.9 Å². The van der Waals surface area contributed by atoms with Gasteiger partial charge in [-0.15, -0.1) is 0 Å². The summed E-state index contributed by atoms with van der Waals surface area (Å²) in [5.41, 5.74) is 0.626. The highest BCUT2D eigenvalue weighted by atomic mass is 16.5. The maximum Gasteiger partial charge on any atom is 0.257 e. The number of likely N-dealkylation sites (tertiary alicyclic amines) is 1. The Labute approximate surface area is 135 Å². The molecule has 2 aromatic heterocycles. The second-order valence-electron chi connectivity index (χ2n) is 5.89. The highest BCUT2D eigenvalue weighted by molar-refractivity contribution is 5.95. The first kappa shape index (κ1) is 15.4. The monoisotopic (exact) mass is 315 g/mol. The maximum atomic E-state index is 12.5. The van der Waals surface area contributed by atoms with Crippen LogP contribution in [0.4, 0.5) is 5.82 Å². The zero-order valence-electron chi connectivity index (χ0n) is 13.7. The van der Waals surface area contributed by atoms with Crippen LogP contribution in [0, 0.1) is 6.92 Å². The van der Waals surface area contributed by atoms with Crippen LogP contribution in [0.5, 0.6) is 5.75 Å². The number of hydrogen-bond acceptors (Lipinski definition) is 5. The second kappa shape index (κ2) is 6.32. The van der Waals surface area contributed by atoms with Crippen LogP contribution in [-0.4, -0.2) is 49.1 Å². The van der Waals surface area contributed by atoms with Crippen LogP contribution in [0.1, 0.15) is 22.5 Å². The number of nitrogens with zero attached hydrogens (tertiary/aromatic N) is 3. The van der Waals surface area contributed by atoms with Crippen molar-refractivity contribution in [2.45, 2.75) is 19.4 Å². The van der Waals surface area contributed by atoms with Crippen molar-refractivity contribution in [2.75, 3.05) is 32.1 Å².